The van der Waals surface area contributed by atoms with E-state index in [2.05, 4.69) is 16.7 Å². The number of hydrogen-bond acceptors (Lipinski definition) is 6. The second kappa shape index (κ2) is 6.48. The Morgan fingerprint density at radius 2 is 2.05 bits per heavy atom. The van der Waals surface area contributed by atoms with E-state index in [4.69, 9.17) is 0 Å². The zero-order valence-electron chi connectivity index (χ0n) is 12.3. The third-order valence-corrected chi connectivity index (χ3v) is 3.78. The molecular formula is C15H17N3O3S. The van der Waals surface area contributed by atoms with Crippen molar-refractivity contribution in [3.63, 3.8) is 0 Å². The third-order valence-electron chi connectivity index (χ3n) is 2.81. The summed E-state index contributed by atoms with van der Waals surface area (Å²) < 4.78 is 1.64. The molecule has 0 aliphatic carbocycles. The van der Waals surface area contributed by atoms with Gasteiger partial charge in [-0.05, 0) is 26.0 Å². The normalized spacial score (nSPS) is 12.2. The lowest BCUT2D eigenvalue weighted by molar-refractivity contribution is 0.367. The van der Waals surface area contributed by atoms with Crippen LogP contribution in [0.15, 0.2) is 39.8 Å². The minimum absolute atomic E-state index is 0.291. The lowest BCUT2D eigenvalue weighted by Gasteiger charge is -2.03. The molecule has 0 atom stereocenters. The van der Waals surface area contributed by atoms with Crippen LogP contribution in [0, 0.1) is 6.92 Å². The molecule has 2 rings (SSSR count). The van der Waals surface area contributed by atoms with Crippen LogP contribution in [-0.4, -0.2) is 32.8 Å². The number of benzene rings is 1. The summed E-state index contributed by atoms with van der Waals surface area (Å²) in [5.41, 5.74) is 2.13. The number of rotatable bonds is 4. The van der Waals surface area contributed by atoms with E-state index in [1.165, 1.54) is 29.7 Å². The van der Waals surface area contributed by atoms with Crippen LogP contribution in [0.25, 0.3) is 0 Å². The third kappa shape index (κ3) is 3.37. The summed E-state index contributed by atoms with van der Waals surface area (Å²) in [7, 11) is 0. The van der Waals surface area contributed by atoms with E-state index in [1.54, 1.807) is 4.68 Å². The highest BCUT2D eigenvalue weighted by molar-refractivity contribution is 7.07. The smallest absolute Gasteiger partial charge is 0.206 e. The van der Waals surface area contributed by atoms with E-state index in [-0.39, 0.29) is 5.75 Å². The van der Waals surface area contributed by atoms with Crippen molar-refractivity contribution in [1.29, 1.82) is 0 Å². The van der Waals surface area contributed by atoms with Crippen molar-refractivity contribution < 1.29 is 15.3 Å². The van der Waals surface area contributed by atoms with Crippen molar-refractivity contribution in [2.75, 3.05) is 6.54 Å². The van der Waals surface area contributed by atoms with Gasteiger partial charge in [-0.2, -0.15) is 5.10 Å². The van der Waals surface area contributed by atoms with Crippen LogP contribution in [0.4, 0.5) is 0 Å². The average molecular weight is 319 g/mol. The number of thiazole rings is 1. The first kappa shape index (κ1) is 15.8. The molecule has 3 N–H and O–H groups in total. The molecule has 1 heterocycles. The van der Waals surface area contributed by atoms with Crippen LogP contribution >= 0.6 is 11.3 Å². The molecule has 1 aromatic heterocycles. The van der Waals surface area contributed by atoms with Gasteiger partial charge in [0.1, 0.15) is 0 Å². The Labute approximate surface area is 131 Å². The first-order valence-electron chi connectivity index (χ1n) is 6.50. The van der Waals surface area contributed by atoms with E-state index in [1.807, 2.05) is 19.2 Å². The van der Waals surface area contributed by atoms with E-state index in [9.17, 15) is 15.3 Å². The van der Waals surface area contributed by atoms with Gasteiger partial charge in [0.15, 0.2) is 11.5 Å². The first-order chi connectivity index (χ1) is 10.4. The number of nitrogens with zero attached hydrogens (tertiary/aromatic N) is 3. The number of aryl methyl sites for hydroxylation is 1. The molecule has 0 saturated carbocycles. The predicted octanol–water partition coefficient (Wildman–Crippen LogP) is 2.33. The van der Waals surface area contributed by atoms with E-state index in [0.29, 0.717) is 16.9 Å². The maximum atomic E-state index is 9.78. The molecule has 6 nitrogen and oxygen atoms in total. The molecule has 116 valence electrons. The molecule has 0 bridgehead atoms. The van der Waals surface area contributed by atoms with Gasteiger partial charge in [-0.3, -0.25) is 4.99 Å². The quantitative estimate of drug-likeness (QED) is 0.459. The molecule has 0 saturated heterocycles. The Balaban J connectivity index is 2.39. The molecule has 2 aromatic rings. The predicted molar refractivity (Wildman–Crippen MR) is 86.7 cm³/mol. The highest BCUT2D eigenvalue weighted by Crippen LogP contribution is 2.36. The fourth-order valence-electron chi connectivity index (χ4n) is 1.64. The van der Waals surface area contributed by atoms with Crippen molar-refractivity contribution in [2.45, 2.75) is 13.8 Å². The largest absolute Gasteiger partial charge is 0.504 e. The Hall–Kier alpha value is -2.54. The zero-order chi connectivity index (χ0) is 16.3. The van der Waals surface area contributed by atoms with Crippen molar-refractivity contribution in [3.8, 4) is 17.2 Å². The summed E-state index contributed by atoms with van der Waals surface area (Å²) >= 11 is 1.45. The summed E-state index contributed by atoms with van der Waals surface area (Å²) in [4.78, 5) is 5.12. The highest BCUT2D eigenvalue weighted by Gasteiger charge is 2.09. The second-order valence-corrected chi connectivity index (χ2v) is 5.70. The van der Waals surface area contributed by atoms with Gasteiger partial charge in [-0.25, -0.2) is 4.68 Å². The average Bonchev–Trinajstić information content (AvgIpc) is 2.82. The number of aromatic hydroxyl groups is 3. The minimum Gasteiger partial charge on any atom is -0.504 e. The zero-order valence-corrected chi connectivity index (χ0v) is 13.1. The van der Waals surface area contributed by atoms with Gasteiger partial charge >= 0.3 is 0 Å². The van der Waals surface area contributed by atoms with Gasteiger partial charge in [0.25, 0.3) is 0 Å². The number of aromatic nitrogens is 1. The molecule has 0 amide bonds. The van der Waals surface area contributed by atoms with Crippen LogP contribution in [0.1, 0.15) is 18.2 Å². The maximum absolute atomic E-state index is 9.78. The first-order valence-corrected chi connectivity index (χ1v) is 7.38. The Bertz CT molecular complexity index is 803. The van der Waals surface area contributed by atoms with E-state index < -0.39 is 11.5 Å². The maximum Gasteiger partial charge on any atom is 0.206 e. The van der Waals surface area contributed by atoms with Crippen LogP contribution in [-0.2, 0) is 0 Å². The molecule has 7 heteroatoms. The van der Waals surface area contributed by atoms with Gasteiger partial charge in [-0.15, -0.1) is 11.3 Å². The monoisotopic (exact) mass is 319 g/mol. The van der Waals surface area contributed by atoms with Crippen LogP contribution < -0.4 is 4.80 Å². The van der Waals surface area contributed by atoms with Crippen LogP contribution in [0.3, 0.4) is 0 Å². The summed E-state index contributed by atoms with van der Waals surface area (Å²) in [5, 5.41) is 34.8. The second-order valence-electron chi connectivity index (χ2n) is 4.86. The van der Waals surface area contributed by atoms with E-state index in [0.717, 1.165) is 11.3 Å². The summed E-state index contributed by atoms with van der Waals surface area (Å²) in [6, 6.07) is 2.74. The SMILES string of the molecule is C=C(C)CN=c1scc(C)n1/N=C/c1ccc(O)c(O)c1O. The summed E-state index contributed by atoms with van der Waals surface area (Å²) in [6.07, 6.45) is 1.40. The minimum atomic E-state index is -0.566. The fourth-order valence-corrected chi connectivity index (χ4v) is 2.45. The highest BCUT2D eigenvalue weighted by atomic mass is 32.1. The fraction of sp³-hybridized carbons (Fsp3) is 0.200. The molecule has 22 heavy (non-hydrogen) atoms. The molecule has 0 aliphatic rings. The Kier molecular flexibility index (Phi) is 4.67. The van der Waals surface area contributed by atoms with E-state index >= 15 is 0 Å². The van der Waals surface area contributed by atoms with Gasteiger partial charge < -0.3 is 15.3 Å². The Morgan fingerprint density at radius 3 is 2.73 bits per heavy atom. The van der Waals surface area contributed by atoms with Crippen molar-refractivity contribution in [3.05, 3.63) is 45.7 Å². The van der Waals surface area contributed by atoms with Gasteiger partial charge in [0, 0.05) is 10.9 Å². The van der Waals surface area contributed by atoms with Crippen LogP contribution in [0.2, 0.25) is 0 Å². The lowest BCUT2D eigenvalue weighted by atomic mass is 10.2. The standard InChI is InChI=1S/C15H17N3O3S/c1-9(2)6-16-15-18(10(3)8-22-15)17-7-11-4-5-12(19)14(21)13(11)20/h4-5,7-8,19-21H,1,6H2,2-3H3/b16-15?,17-7+. The molecule has 0 aliphatic heterocycles. The molecule has 0 fully saturated rings. The summed E-state index contributed by atoms with van der Waals surface area (Å²) in [5.74, 6) is -1.37. The number of phenolic OH excluding ortho intramolecular Hbond substituents is 3. The van der Waals surface area contributed by atoms with Crippen molar-refractivity contribution in [1.82, 2.24) is 4.68 Å². The Morgan fingerprint density at radius 1 is 1.32 bits per heavy atom. The van der Waals surface area contributed by atoms with Gasteiger partial charge in [0.2, 0.25) is 10.6 Å². The molecular weight excluding hydrogens is 302 g/mol. The molecule has 0 unspecified atom stereocenters. The lowest BCUT2D eigenvalue weighted by Crippen LogP contribution is -2.13. The molecule has 0 spiro atoms. The van der Waals surface area contributed by atoms with Gasteiger partial charge in [-0.1, -0.05) is 12.2 Å². The van der Waals surface area contributed by atoms with Gasteiger partial charge in [0.05, 0.1) is 18.5 Å². The topological polar surface area (TPSA) is 90.3 Å². The number of phenols is 3. The summed E-state index contributed by atoms with van der Waals surface area (Å²) in [6.45, 7) is 8.11. The molecule has 1 aromatic carbocycles. The molecule has 0 radical (unpaired) electrons. The van der Waals surface area contributed by atoms with Crippen LogP contribution in [0.5, 0.6) is 17.2 Å². The van der Waals surface area contributed by atoms with Crippen molar-refractivity contribution >= 4 is 17.6 Å². The van der Waals surface area contributed by atoms with Crippen molar-refractivity contribution in [2.24, 2.45) is 10.1 Å². The number of hydrogen-bond donors (Lipinski definition) is 3.